The quantitative estimate of drug-likeness (QED) is 0.686. The molecule has 126 valence electrons. The first-order chi connectivity index (χ1) is 11.9. The minimum Gasteiger partial charge on any atom is -0.497 e. The van der Waals surface area contributed by atoms with E-state index < -0.39 is 0 Å². The van der Waals surface area contributed by atoms with E-state index in [0.717, 1.165) is 21.0 Å². The Morgan fingerprint density at radius 3 is 2.64 bits per heavy atom. The molecule has 2 aromatic carbocycles. The number of nitrogens with zero attached hydrogens (tertiary/aromatic N) is 1. The van der Waals surface area contributed by atoms with Crippen molar-refractivity contribution in [3.8, 4) is 17.2 Å². The van der Waals surface area contributed by atoms with E-state index in [4.69, 9.17) is 9.47 Å². The molecule has 5 nitrogen and oxygen atoms in total. The molecule has 0 bridgehead atoms. The Morgan fingerprint density at radius 2 is 1.92 bits per heavy atom. The van der Waals surface area contributed by atoms with Crippen LogP contribution in [0, 0.1) is 0 Å². The van der Waals surface area contributed by atoms with Gasteiger partial charge >= 0.3 is 0 Å². The van der Waals surface area contributed by atoms with Gasteiger partial charge in [-0.1, -0.05) is 15.9 Å². The highest BCUT2D eigenvalue weighted by Gasteiger charge is 2.10. The lowest BCUT2D eigenvalue weighted by Gasteiger charge is -2.13. The average molecular weight is 399 g/mol. The normalized spacial score (nSPS) is 10.5. The van der Waals surface area contributed by atoms with Gasteiger partial charge in [0.05, 0.1) is 12.6 Å². The van der Waals surface area contributed by atoms with Crippen LogP contribution in [0.4, 0.5) is 5.69 Å². The predicted octanol–water partition coefficient (Wildman–Crippen LogP) is 3.02. The maximum absolute atomic E-state index is 11.3. The van der Waals surface area contributed by atoms with Crippen molar-refractivity contribution in [3.05, 3.63) is 46.9 Å². The van der Waals surface area contributed by atoms with Crippen molar-refractivity contribution in [2.45, 2.75) is 6.92 Å². The van der Waals surface area contributed by atoms with Crippen LogP contribution in [0.2, 0.25) is 0 Å². The highest BCUT2D eigenvalue weighted by atomic mass is 79.9. The highest BCUT2D eigenvalue weighted by Crippen LogP contribution is 2.33. The Morgan fingerprint density at radius 1 is 1.16 bits per heavy atom. The molecule has 3 aromatic rings. The Hall–Kier alpha value is -2.54. The van der Waals surface area contributed by atoms with Crippen molar-refractivity contribution < 1.29 is 14.3 Å². The van der Waals surface area contributed by atoms with E-state index >= 15 is 0 Å². The van der Waals surface area contributed by atoms with Crippen molar-refractivity contribution in [3.63, 3.8) is 0 Å². The summed E-state index contributed by atoms with van der Waals surface area (Å²) in [6, 6.07) is 13.0. The lowest BCUT2D eigenvalue weighted by atomic mass is 10.0. The molecule has 7 heteroatoms. The molecular formula is C18H16BBrN2O3. The fraction of sp³-hybridized carbons (Fsp3) is 0.111. The Labute approximate surface area is 154 Å². The Balaban J connectivity index is 2.06. The molecule has 1 aromatic heterocycles. The number of hydrogen-bond donors (Lipinski definition) is 1. The summed E-state index contributed by atoms with van der Waals surface area (Å²) in [6.45, 7) is 1.46. The van der Waals surface area contributed by atoms with Gasteiger partial charge in [-0.05, 0) is 29.9 Å². The van der Waals surface area contributed by atoms with Crippen molar-refractivity contribution >= 4 is 51.9 Å². The molecule has 0 aliphatic carbocycles. The van der Waals surface area contributed by atoms with Crippen LogP contribution in [-0.4, -0.2) is 25.8 Å². The van der Waals surface area contributed by atoms with Crippen LogP contribution in [-0.2, 0) is 4.79 Å². The molecular weight excluding hydrogens is 383 g/mol. The van der Waals surface area contributed by atoms with E-state index in [9.17, 15) is 4.79 Å². The molecule has 1 N–H and O–H groups in total. The van der Waals surface area contributed by atoms with Crippen LogP contribution >= 0.6 is 15.9 Å². The number of fused-ring (bicyclic) bond motifs is 1. The Bertz CT molecular complexity index is 962. The van der Waals surface area contributed by atoms with Gasteiger partial charge in [-0.15, -0.1) is 0 Å². The van der Waals surface area contributed by atoms with E-state index in [0.29, 0.717) is 22.9 Å². The molecule has 0 saturated heterocycles. The van der Waals surface area contributed by atoms with Crippen LogP contribution < -0.4 is 20.4 Å². The molecule has 25 heavy (non-hydrogen) atoms. The van der Waals surface area contributed by atoms with Crippen molar-refractivity contribution in [1.82, 2.24) is 4.98 Å². The number of hydrogen-bond acceptors (Lipinski definition) is 4. The molecule has 0 spiro atoms. The second-order valence-corrected chi connectivity index (χ2v) is 6.52. The molecule has 0 radical (unpaired) electrons. The van der Waals surface area contributed by atoms with Crippen LogP contribution in [0.1, 0.15) is 6.92 Å². The first-order valence-electron chi connectivity index (χ1n) is 7.66. The standard InChI is InChI=1S/C18H16BBrN2O3/c1-10(23)21-12-6-13(24-2)8-14(7-12)25-17-9-18(19)22-16-4-3-11(20)5-15(16)17/h3-9H,19H2,1-2H3,(H,21,23). The lowest BCUT2D eigenvalue weighted by Crippen LogP contribution is -2.08. The Kier molecular flexibility index (Phi) is 4.94. The van der Waals surface area contributed by atoms with E-state index in [-0.39, 0.29) is 5.91 Å². The minimum absolute atomic E-state index is 0.159. The van der Waals surface area contributed by atoms with Gasteiger partial charge < -0.3 is 14.8 Å². The summed E-state index contributed by atoms with van der Waals surface area (Å²) >= 11 is 3.48. The molecule has 0 unspecified atom stereocenters. The maximum atomic E-state index is 11.3. The second kappa shape index (κ2) is 7.15. The monoisotopic (exact) mass is 398 g/mol. The maximum Gasteiger partial charge on any atom is 0.221 e. The van der Waals surface area contributed by atoms with Gasteiger partial charge in [0.15, 0.2) is 7.85 Å². The summed E-state index contributed by atoms with van der Waals surface area (Å²) in [4.78, 5) is 15.9. The third-order valence-corrected chi connectivity index (χ3v) is 4.02. The summed E-state index contributed by atoms with van der Waals surface area (Å²) in [6.07, 6.45) is 0. The van der Waals surface area contributed by atoms with Crippen LogP contribution in [0.3, 0.4) is 0 Å². The van der Waals surface area contributed by atoms with Crippen LogP contribution in [0.5, 0.6) is 17.2 Å². The van der Waals surface area contributed by atoms with Crippen molar-refractivity contribution in [2.24, 2.45) is 0 Å². The largest absolute Gasteiger partial charge is 0.497 e. The number of halogens is 1. The minimum atomic E-state index is -0.159. The number of anilines is 1. The average Bonchev–Trinajstić information content (AvgIpc) is 2.54. The number of pyridine rings is 1. The molecule has 3 rings (SSSR count). The molecule has 1 amide bonds. The van der Waals surface area contributed by atoms with Gasteiger partial charge in [-0.25, -0.2) is 0 Å². The number of ether oxygens (including phenoxy) is 2. The van der Waals surface area contributed by atoms with Crippen LogP contribution in [0.15, 0.2) is 46.9 Å². The van der Waals surface area contributed by atoms with E-state index in [1.165, 1.54) is 6.92 Å². The van der Waals surface area contributed by atoms with Crippen LogP contribution in [0.25, 0.3) is 10.9 Å². The summed E-state index contributed by atoms with van der Waals surface area (Å²) in [5, 5.41) is 3.64. The predicted molar refractivity (Wildman–Crippen MR) is 105 cm³/mol. The number of benzene rings is 2. The number of carbonyl (C=O) groups is 1. The first kappa shape index (κ1) is 17.3. The fourth-order valence-corrected chi connectivity index (χ4v) is 2.89. The molecule has 0 fully saturated rings. The number of amides is 1. The summed E-state index contributed by atoms with van der Waals surface area (Å²) in [7, 11) is 3.49. The number of carbonyl (C=O) groups excluding carboxylic acids is 1. The molecule has 0 aliphatic heterocycles. The topological polar surface area (TPSA) is 60.5 Å². The van der Waals surface area contributed by atoms with Crippen molar-refractivity contribution in [1.29, 1.82) is 0 Å². The van der Waals surface area contributed by atoms with Gasteiger partial charge in [0.2, 0.25) is 5.91 Å². The third kappa shape index (κ3) is 4.11. The number of nitrogens with one attached hydrogen (secondary N) is 1. The summed E-state index contributed by atoms with van der Waals surface area (Å²) in [5.74, 6) is 1.69. The van der Waals surface area contributed by atoms with Gasteiger partial charge in [-0.2, -0.15) is 0 Å². The molecule has 0 aliphatic rings. The molecule has 1 heterocycles. The zero-order valence-corrected chi connectivity index (χ0v) is 15.7. The second-order valence-electron chi connectivity index (χ2n) is 5.60. The SMILES string of the molecule is Bc1cc(Oc2cc(NC(C)=O)cc(OC)c2)c2cc(Br)ccc2n1. The summed E-state index contributed by atoms with van der Waals surface area (Å²) < 4.78 is 12.3. The molecule has 0 saturated carbocycles. The number of rotatable bonds is 4. The highest BCUT2D eigenvalue weighted by molar-refractivity contribution is 9.10. The van der Waals surface area contributed by atoms with Gasteiger partial charge in [0.25, 0.3) is 0 Å². The van der Waals surface area contributed by atoms with Gasteiger partial charge in [0, 0.05) is 40.7 Å². The first-order valence-corrected chi connectivity index (χ1v) is 8.45. The zero-order chi connectivity index (χ0) is 18.0. The van der Waals surface area contributed by atoms with E-state index in [1.807, 2.05) is 32.1 Å². The number of aromatic nitrogens is 1. The number of methoxy groups -OCH3 is 1. The van der Waals surface area contributed by atoms with Crippen molar-refractivity contribution in [2.75, 3.05) is 12.4 Å². The van der Waals surface area contributed by atoms with Gasteiger partial charge in [-0.3, -0.25) is 9.78 Å². The zero-order valence-electron chi connectivity index (χ0n) is 14.1. The fourth-order valence-electron chi connectivity index (χ4n) is 2.53. The van der Waals surface area contributed by atoms with E-state index in [2.05, 4.69) is 26.2 Å². The van der Waals surface area contributed by atoms with E-state index in [1.54, 1.807) is 25.3 Å². The third-order valence-electron chi connectivity index (χ3n) is 3.52. The molecule has 0 atom stereocenters. The lowest BCUT2D eigenvalue weighted by molar-refractivity contribution is -0.114. The summed E-state index contributed by atoms with van der Waals surface area (Å²) in [5.41, 5.74) is 2.32. The van der Waals surface area contributed by atoms with Gasteiger partial charge in [0.1, 0.15) is 17.2 Å². The smallest absolute Gasteiger partial charge is 0.221 e.